The highest BCUT2D eigenvalue weighted by Gasteiger charge is 2.05. The van der Waals surface area contributed by atoms with Crippen molar-refractivity contribution >= 4 is 19.0 Å². The van der Waals surface area contributed by atoms with Gasteiger partial charge in [0.25, 0.3) is 0 Å². The predicted octanol–water partition coefficient (Wildman–Crippen LogP) is 2.03. The van der Waals surface area contributed by atoms with Crippen molar-refractivity contribution < 1.29 is 0 Å². The minimum Gasteiger partial charge on any atom is -0.372 e. The van der Waals surface area contributed by atoms with Gasteiger partial charge >= 0.3 is 0 Å². The van der Waals surface area contributed by atoms with Crippen LogP contribution in [0, 0.1) is 6.92 Å². The highest BCUT2D eigenvalue weighted by atomic mass is 15.1. The fourth-order valence-electron chi connectivity index (χ4n) is 1.69. The van der Waals surface area contributed by atoms with Gasteiger partial charge in [0.1, 0.15) is 7.85 Å². The van der Waals surface area contributed by atoms with Gasteiger partial charge in [-0.3, -0.25) is 0 Å². The number of rotatable bonds is 4. The summed E-state index contributed by atoms with van der Waals surface area (Å²) in [4.78, 5) is 2.37. The third-order valence-electron chi connectivity index (χ3n) is 2.45. The third-order valence-corrected chi connectivity index (χ3v) is 2.45. The van der Waals surface area contributed by atoms with Crippen LogP contribution in [0.3, 0.4) is 0 Å². The number of anilines is 1. The van der Waals surface area contributed by atoms with Crippen LogP contribution in [0.1, 0.15) is 25.8 Å². The molecule has 0 aliphatic rings. The molecule has 74 valence electrons. The van der Waals surface area contributed by atoms with Gasteiger partial charge in [0.15, 0.2) is 0 Å². The molecule has 2 heteroatoms. The quantitative estimate of drug-likeness (QED) is 0.652. The summed E-state index contributed by atoms with van der Waals surface area (Å²) in [6.07, 6.45) is 1.17. The molecule has 0 unspecified atom stereocenters. The van der Waals surface area contributed by atoms with E-state index in [0.717, 1.165) is 18.6 Å². The van der Waals surface area contributed by atoms with Crippen molar-refractivity contribution in [3.63, 3.8) is 0 Å². The molecular formula is C12H18BN. The Kier molecular flexibility index (Phi) is 4.06. The van der Waals surface area contributed by atoms with E-state index in [0.29, 0.717) is 0 Å². The van der Waals surface area contributed by atoms with Gasteiger partial charge in [-0.05, 0) is 31.9 Å². The van der Waals surface area contributed by atoms with E-state index in [1.807, 2.05) is 6.07 Å². The molecular weight excluding hydrogens is 169 g/mol. The topological polar surface area (TPSA) is 3.24 Å². The normalized spacial score (nSPS) is 10.2. The molecule has 1 aromatic rings. The van der Waals surface area contributed by atoms with Crippen LogP contribution in [0.15, 0.2) is 18.2 Å². The van der Waals surface area contributed by atoms with Gasteiger partial charge in [-0.1, -0.05) is 24.5 Å². The minimum absolute atomic E-state index is 0.847. The Labute approximate surface area is 88.5 Å². The lowest BCUT2D eigenvalue weighted by molar-refractivity contribution is 0.789. The molecule has 1 nitrogen and oxygen atoms in total. The monoisotopic (exact) mass is 187 g/mol. The van der Waals surface area contributed by atoms with Gasteiger partial charge in [-0.25, -0.2) is 0 Å². The first-order valence-corrected chi connectivity index (χ1v) is 5.30. The number of hydrogen-bond acceptors (Lipinski definition) is 1. The Morgan fingerprint density at radius 2 is 2.00 bits per heavy atom. The van der Waals surface area contributed by atoms with Crippen molar-refractivity contribution in [2.24, 2.45) is 0 Å². The summed E-state index contributed by atoms with van der Waals surface area (Å²) in [7, 11) is 5.79. The van der Waals surface area contributed by atoms with Crippen LogP contribution in [0.5, 0.6) is 0 Å². The van der Waals surface area contributed by atoms with Gasteiger partial charge in [-0.2, -0.15) is 0 Å². The fraction of sp³-hybridized carbons (Fsp3) is 0.500. The van der Waals surface area contributed by atoms with Gasteiger partial charge in [0.2, 0.25) is 0 Å². The molecule has 0 heterocycles. The van der Waals surface area contributed by atoms with E-state index in [2.05, 4.69) is 37.8 Å². The Hall–Kier alpha value is -0.915. The lowest BCUT2D eigenvalue weighted by Gasteiger charge is -2.24. The van der Waals surface area contributed by atoms with Crippen molar-refractivity contribution in [3.8, 4) is 0 Å². The molecule has 14 heavy (non-hydrogen) atoms. The summed E-state index contributed by atoms with van der Waals surface area (Å²) in [5.74, 6) is 0. The number of aryl methyl sites for hydroxylation is 1. The lowest BCUT2D eigenvalue weighted by atomic mass is 9.94. The van der Waals surface area contributed by atoms with Crippen molar-refractivity contribution in [1.82, 2.24) is 0 Å². The summed E-state index contributed by atoms with van der Waals surface area (Å²) in [5.41, 5.74) is 3.42. The third kappa shape index (κ3) is 2.54. The van der Waals surface area contributed by atoms with E-state index in [9.17, 15) is 0 Å². The molecule has 0 saturated carbocycles. The van der Waals surface area contributed by atoms with Crippen LogP contribution in [-0.2, 0) is 0 Å². The molecule has 0 aromatic heterocycles. The van der Waals surface area contributed by atoms with E-state index >= 15 is 0 Å². The van der Waals surface area contributed by atoms with Crippen LogP contribution in [0.25, 0.3) is 0 Å². The van der Waals surface area contributed by atoms with E-state index in [-0.39, 0.29) is 0 Å². The molecule has 1 rings (SSSR count). The van der Waals surface area contributed by atoms with Crippen molar-refractivity contribution in [2.45, 2.75) is 27.2 Å². The maximum absolute atomic E-state index is 5.79. The number of nitrogens with zero attached hydrogens (tertiary/aromatic N) is 1. The maximum Gasteiger partial charge on any atom is 0.113 e. The molecule has 0 saturated heterocycles. The average Bonchev–Trinajstić information content (AvgIpc) is 2.18. The second-order valence-electron chi connectivity index (χ2n) is 3.63. The summed E-state index contributed by atoms with van der Waals surface area (Å²) in [5, 5.41) is 0. The van der Waals surface area contributed by atoms with Crippen LogP contribution >= 0.6 is 0 Å². The molecule has 0 fully saturated rings. The Bertz CT molecular complexity index is 296. The van der Waals surface area contributed by atoms with Crippen molar-refractivity contribution in [1.29, 1.82) is 0 Å². The van der Waals surface area contributed by atoms with Crippen LogP contribution < -0.4 is 10.4 Å². The first-order valence-electron chi connectivity index (χ1n) is 5.30. The van der Waals surface area contributed by atoms with Crippen LogP contribution in [0.4, 0.5) is 5.69 Å². The fourth-order valence-corrected chi connectivity index (χ4v) is 1.69. The Balaban J connectivity index is 2.96. The summed E-state index contributed by atoms with van der Waals surface area (Å²) in [6, 6.07) is 6.11. The van der Waals surface area contributed by atoms with Crippen LogP contribution in [-0.4, -0.2) is 20.9 Å². The smallest absolute Gasteiger partial charge is 0.113 e. The highest BCUT2D eigenvalue weighted by molar-refractivity contribution is 6.32. The number of benzene rings is 1. The summed E-state index contributed by atoms with van der Waals surface area (Å²) < 4.78 is 0. The molecule has 0 aliphatic carbocycles. The molecule has 0 amide bonds. The Morgan fingerprint density at radius 3 is 2.57 bits per heavy atom. The first kappa shape index (κ1) is 11.2. The summed E-state index contributed by atoms with van der Waals surface area (Å²) in [6.45, 7) is 8.65. The van der Waals surface area contributed by atoms with E-state index in [1.165, 1.54) is 17.7 Å². The number of hydrogen-bond donors (Lipinski definition) is 0. The highest BCUT2D eigenvalue weighted by Crippen LogP contribution is 2.17. The second kappa shape index (κ2) is 5.09. The standard InChI is InChI=1S/C12H18BN/c1-4-8-14(5-2)12-9-11(13)7-6-10(12)3/h6-7,9H,4-5,8H2,1-3H3. The average molecular weight is 187 g/mol. The van der Waals surface area contributed by atoms with Gasteiger partial charge in [0.05, 0.1) is 0 Å². The van der Waals surface area contributed by atoms with Crippen molar-refractivity contribution in [2.75, 3.05) is 18.0 Å². The van der Waals surface area contributed by atoms with Gasteiger partial charge < -0.3 is 4.90 Å². The van der Waals surface area contributed by atoms with E-state index in [4.69, 9.17) is 7.85 Å². The zero-order valence-electron chi connectivity index (χ0n) is 9.38. The first-order chi connectivity index (χ1) is 6.69. The molecule has 2 radical (unpaired) electrons. The zero-order valence-corrected chi connectivity index (χ0v) is 9.38. The molecule has 0 bridgehead atoms. The molecule has 0 spiro atoms. The maximum atomic E-state index is 5.79. The van der Waals surface area contributed by atoms with Crippen LogP contribution in [0.2, 0.25) is 0 Å². The zero-order chi connectivity index (χ0) is 10.6. The lowest BCUT2D eigenvalue weighted by Crippen LogP contribution is -2.25. The summed E-state index contributed by atoms with van der Waals surface area (Å²) >= 11 is 0. The Morgan fingerprint density at radius 1 is 1.29 bits per heavy atom. The molecule has 0 N–H and O–H groups in total. The van der Waals surface area contributed by atoms with Crippen molar-refractivity contribution in [3.05, 3.63) is 23.8 Å². The molecule has 0 atom stereocenters. The molecule has 0 aliphatic heterocycles. The second-order valence-corrected chi connectivity index (χ2v) is 3.63. The van der Waals surface area contributed by atoms with Gasteiger partial charge in [-0.15, -0.1) is 0 Å². The SMILES string of the molecule is [B]c1ccc(C)c(N(CC)CCC)c1. The minimum atomic E-state index is 0.847. The predicted molar refractivity (Wildman–Crippen MR) is 64.7 cm³/mol. The molecule has 1 aromatic carbocycles. The van der Waals surface area contributed by atoms with E-state index in [1.54, 1.807) is 0 Å². The van der Waals surface area contributed by atoms with E-state index < -0.39 is 0 Å². The largest absolute Gasteiger partial charge is 0.372 e. The van der Waals surface area contributed by atoms with Gasteiger partial charge in [0, 0.05) is 18.8 Å².